The normalized spacial score (nSPS) is 10.3. The van der Waals surface area contributed by atoms with Gasteiger partial charge in [-0.25, -0.2) is 0 Å². The van der Waals surface area contributed by atoms with Gasteiger partial charge >= 0.3 is 0 Å². The summed E-state index contributed by atoms with van der Waals surface area (Å²) in [6, 6.07) is 14.2. The highest BCUT2D eigenvalue weighted by molar-refractivity contribution is 5.96. The number of rotatable bonds is 12. The van der Waals surface area contributed by atoms with Gasteiger partial charge in [-0.05, 0) is 55.8 Å². The fourth-order valence-corrected chi connectivity index (χ4v) is 2.50. The van der Waals surface area contributed by atoms with Gasteiger partial charge in [-0.1, -0.05) is 13.0 Å². The number of anilines is 2. The molecule has 0 saturated heterocycles. The van der Waals surface area contributed by atoms with E-state index in [9.17, 15) is 9.59 Å². The number of carbonyl (C=O) groups excluding carboxylic acids is 2. The second-order valence-corrected chi connectivity index (χ2v) is 6.31. The molecule has 0 aliphatic carbocycles. The number of benzene rings is 2. The average Bonchev–Trinajstić information content (AvgIpc) is 2.75. The number of ether oxygens (including phenoxy) is 2. The first-order valence-electron chi connectivity index (χ1n) is 9.85. The Morgan fingerprint density at radius 1 is 0.966 bits per heavy atom. The quantitative estimate of drug-likeness (QED) is 0.477. The van der Waals surface area contributed by atoms with E-state index in [0.29, 0.717) is 43.3 Å². The van der Waals surface area contributed by atoms with E-state index in [1.165, 1.54) is 0 Å². The van der Waals surface area contributed by atoms with Gasteiger partial charge in [0, 0.05) is 30.1 Å². The lowest BCUT2D eigenvalue weighted by Gasteiger charge is -2.10. The average molecular weight is 399 g/mol. The molecule has 7 nitrogen and oxygen atoms in total. The van der Waals surface area contributed by atoms with Gasteiger partial charge < -0.3 is 25.4 Å². The number of nitrogens with one attached hydrogen (secondary N) is 3. The van der Waals surface area contributed by atoms with Crippen LogP contribution in [0, 0.1) is 0 Å². The zero-order valence-electron chi connectivity index (χ0n) is 17.0. The Kier molecular flexibility index (Phi) is 9.51. The Bertz CT molecular complexity index is 778. The molecule has 0 bridgehead atoms. The van der Waals surface area contributed by atoms with Crippen LogP contribution in [0.15, 0.2) is 48.5 Å². The van der Waals surface area contributed by atoms with Crippen LogP contribution < -0.4 is 20.7 Å². The van der Waals surface area contributed by atoms with Gasteiger partial charge in [0.2, 0.25) is 5.91 Å². The third kappa shape index (κ3) is 8.23. The number of hydrogen-bond donors (Lipinski definition) is 3. The molecule has 156 valence electrons. The molecule has 0 heterocycles. The lowest BCUT2D eigenvalue weighted by atomic mass is 10.2. The third-order valence-electron chi connectivity index (χ3n) is 3.95. The molecule has 7 heteroatoms. The van der Waals surface area contributed by atoms with Gasteiger partial charge in [-0.15, -0.1) is 0 Å². The summed E-state index contributed by atoms with van der Waals surface area (Å²) in [6.45, 7) is 6.36. The molecule has 0 aliphatic rings. The Hall–Kier alpha value is -3.06. The molecule has 0 spiro atoms. The first kappa shape index (κ1) is 22.2. The van der Waals surface area contributed by atoms with Crippen molar-refractivity contribution in [1.82, 2.24) is 5.32 Å². The van der Waals surface area contributed by atoms with Crippen LogP contribution in [-0.4, -0.2) is 44.7 Å². The number of amides is 2. The highest BCUT2D eigenvalue weighted by Gasteiger charge is 2.07. The number of carbonyl (C=O) groups is 2. The summed E-state index contributed by atoms with van der Waals surface area (Å²) in [5.74, 6) is 0.415. The van der Waals surface area contributed by atoms with Crippen LogP contribution in [0.25, 0.3) is 0 Å². The maximum atomic E-state index is 12.2. The predicted octanol–water partition coefficient (Wildman–Crippen LogP) is 3.29. The van der Waals surface area contributed by atoms with Crippen LogP contribution >= 0.6 is 0 Å². The van der Waals surface area contributed by atoms with Crippen molar-refractivity contribution in [1.29, 1.82) is 0 Å². The van der Waals surface area contributed by atoms with Crippen LogP contribution in [0.2, 0.25) is 0 Å². The molecule has 3 N–H and O–H groups in total. The summed E-state index contributed by atoms with van der Waals surface area (Å²) in [5.41, 5.74) is 1.95. The lowest BCUT2D eigenvalue weighted by Crippen LogP contribution is -2.24. The monoisotopic (exact) mass is 399 g/mol. The first-order chi connectivity index (χ1) is 14.1. The van der Waals surface area contributed by atoms with Gasteiger partial charge in [-0.3, -0.25) is 9.59 Å². The van der Waals surface area contributed by atoms with E-state index in [-0.39, 0.29) is 18.4 Å². The van der Waals surface area contributed by atoms with Crippen LogP contribution in [0.3, 0.4) is 0 Å². The topological polar surface area (TPSA) is 88.7 Å². The fourth-order valence-electron chi connectivity index (χ4n) is 2.50. The molecule has 0 unspecified atom stereocenters. The van der Waals surface area contributed by atoms with Gasteiger partial charge in [-0.2, -0.15) is 0 Å². The minimum absolute atomic E-state index is 0.0899. The fraction of sp³-hybridized carbons (Fsp3) is 0.364. The molecule has 0 aromatic heterocycles. The molecule has 2 aromatic carbocycles. The van der Waals surface area contributed by atoms with Crippen molar-refractivity contribution in [3.8, 4) is 5.75 Å². The van der Waals surface area contributed by atoms with Crippen molar-refractivity contribution < 1.29 is 19.1 Å². The van der Waals surface area contributed by atoms with Crippen LogP contribution in [0.4, 0.5) is 11.4 Å². The van der Waals surface area contributed by atoms with Crippen molar-refractivity contribution in [2.24, 2.45) is 0 Å². The Labute approximate surface area is 171 Å². The van der Waals surface area contributed by atoms with Crippen molar-refractivity contribution in [3.63, 3.8) is 0 Å². The van der Waals surface area contributed by atoms with Gasteiger partial charge in [0.1, 0.15) is 12.4 Å². The molecular weight excluding hydrogens is 370 g/mol. The maximum Gasteiger partial charge on any atom is 0.251 e. The zero-order chi connectivity index (χ0) is 20.9. The molecule has 0 aliphatic heterocycles. The molecule has 0 atom stereocenters. The largest absolute Gasteiger partial charge is 0.491 e. The maximum absolute atomic E-state index is 12.2. The van der Waals surface area contributed by atoms with E-state index in [2.05, 4.69) is 16.0 Å². The Morgan fingerprint density at radius 3 is 2.48 bits per heavy atom. The molecular formula is C22H29N3O4. The van der Waals surface area contributed by atoms with E-state index < -0.39 is 0 Å². The summed E-state index contributed by atoms with van der Waals surface area (Å²) in [6.07, 6.45) is 0.879. The summed E-state index contributed by atoms with van der Waals surface area (Å²) in [7, 11) is 0. The summed E-state index contributed by atoms with van der Waals surface area (Å²) in [4.78, 5) is 24.2. The second-order valence-electron chi connectivity index (χ2n) is 6.31. The third-order valence-corrected chi connectivity index (χ3v) is 3.95. The van der Waals surface area contributed by atoms with E-state index in [4.69, 9.17) is 9.47 Å². The summed E-state index contributed by atoms with van der Waals surface area (Å²) < 4.78 is 10.8. The second kappa shape index (κ2) is 12.4. The minimum Gasteiger partial charge on any atom is -0.491 e. The number of hydrogen-bond acceptors (Lipinski definition) is 5. The van der Waals surface area contributed by atoms with E-state index in [1.54, 1.807) is 42.5 Å². The molecule has 0 radical (unpaired) electrons. The molecule has 2 amide bonds. The highest BCUT2D eigenvalue weighted by Crippen LogP contribution is 2.16. The van der Waals surface area contributed by atoms with Crippen LogP contribution in [0.5, 0.6) is 5.75 Å². The summed E-state index contributed by atoms with van der Waals surface area (Å²) in [5, 5.41) is 8.69. The van der Waals surface area contributed by atoms with Crippen molar-refractivity contribution in [3.05, 3.63) is 54.1 Å². The molecule has 2 aromatic rings. The summed E-state index contributed by atoms with van der Waals surface area (Å²) >= 11 is 0. The van der Waals surface area contributed by atoms with E-state index >= 15 is 0 Å². The van der Waals surface area contributed by atoms with Crippen LogP contribution in [0.1, 0.15) is 30.6 Å². The SMILES string of the molecule is CCCNC(=O)c1cccc(NCC(=O)Nc2ccc(OCCOCC)cc2)c1. The molecule has 29 heavy (non-hydrogen) atoms. The Morgan fingerprint density at radius 2 is 1.76 bits per heavy atom. The van der Waals surface area contributed by atoms with Crippen molar-refractivity contribution in [2.45, 2.75) is 20.3 Å². The van der Waals surface area contributed by atoms with Gasteiger partial charge in [0.05, 0.1) is 13.2 Å². The van der Waals surface area contributed by atoms with Crippen molar-refractivity contribution in [2.75, 3.05) is 43.5 Å². The van der Waals surface area contributed by atoms with E-state index in [1.807, 2.05) is 19.9 Å². The molecule has 2 rings (SSSR count). The minimum atomic E-state index is -0.184. The predicted molar refractivity (Wildman–Crippen MR) is 115 cm³/mol. The van der Waals surface area contributed by atoms with E-state index in [0.717, 1.165) is 12.2 Å². The molecule has 0 saturated carbocycles. The smallest absolute Gasteiger partial charge is 0.251 e. The van der Waals surface area contributed by atoms with Crippen molar-refractivity contribution >= 4 is 23.2 Å². The lowest BCUT2D eigenvalue weighted by molar-refractivity contribution is -0.114. The highest BCUT2D eigenvalue weighted by atomic mass is 16.5. The van der Waals surface area contributed by atoms with Gasteiger partial charge in [0.25, 0.3) is 5.91 Å². The zero-order valence-corrected chi connectivity index (χ0v) is 17.0. The molecule has 0 fully saturated rings. The Balaban J connectivity index is 1.79. The van der Waals surface area contributed by atoms with Gasteiger partial charge in [0.15, 0.2) is 0 Å². The first-order valence-corrected chi connectivity index (χ1v) is 9.85. The standard InChI is InChI=1S/C22H29N3O4/c1-3-12-23-22(27)17-6-5-7-19(15-17)24-16-21(26)25-18-8-10-20(11-9-18)29-14-13-28-4-2/h5-11,15,24H,3-4,12-14,16H2,1-2H3,(H,23,27)(H,25,26). The van der Waals surface area contributed by atoms with Crippen LogP contribution in [-0.2, 0) is 9.53 Å².